The molecule has 0 saturated carbocycles. The summed E-state index contributed by atoms with van der Waals surface area (Å²) in [5, 5.41) is 11.0. The lowest BCUT2D eigenvalue weighted by Gasteiger charge is -2.48. The second-order valence-corrected chi connectivity index (χ2v) is 18.5. The van der Waals surface area contributed by atoms with E-state index in [1.807, 2.05) is 43.0 Å². The van der Waals surface area contributed by atoms with Crippen LogP contribution < -0.4 is 0 Å². The summed E-state index contributed by atoms with van der Waals surface area (Å²) in [6, 6.07) is 13.0. The van der Waals surface area contributed by atoms with Gasteiger partial charge < -0.3 is 19.0 Å². The Kier molecular flexibility index (Phi) is 9.85. The fourth-order valence-corrected chi connectivity index (χ4v) is 9.01. The van der Waals surface area contributed by atoms with Gasteiger partial charge in [0.05, 0.1) is 28.6 Å². The van der Waals surface area contributed by atoms with Gasteiger partial charge in [0.15, 0.2) is 8.32 Å². The number of esters is 1. The molecule has 12 heteroatoms. The van der Waals surface area contributed by atoms with E-state index in [-0.39, 0.29) is 47.9 Å². The maximum Gasteiger partial charge on any atom is 0.356 e. The predicted molar refractivity (Wildman–Crippen MR) is 174 cm³/mol. The molecule has 4 atom stereocenters. The fraction of sp³-hybridized carbons (Fsp3) is 0.485. The molecule has 3 heterocycles. The molecule has 0 bridgehead atoms. The minimum absolute atomic E-state index is 0.0251. The molecule has 0 aliphatic carbocycles. The van der Waals surface area contributed by atoms with Gasteiger partial charge in [0.1, 0.15) is 12.3 Å². The van der Waals surface area contributed by atoms with Crippen LogP contribution in [0.1, 0.15) is 55.5 Å². The Balaban J connectivity index is 1.45. The number of amides is 2. The number of non-ortho nitro benzene ring substituents is 1. The van der Waals surface area contributed by atoms with Gasteiger partial charge in [0.25, 0.3) is 11.6 Å². The lowest BCUT2D eigenvalue weighted by molar-refractivity contribution is -0.384. The molecule has 10 nitrogen and oxygen atoms in total. The quantitative estimate of drug-likeness (QED) is 0.0956. The Morgan fingerprint density at radius 2 is 1.69 bits per heavy atom. The molecule has 0 aromatic heterocycles. The maximum atomic E-state index is 13.8. The van der Waals surface area contributed by atoms with Crippen molar-refractivity contribution >= 4 is 43.6 Å². The van der Waals surface area contributed by atoms with E-state index < -0.39 is 25.1 Å². The highest BCUT2D eigenvalue weighted by molar-refractivity contribution is 8.03. The largest absolute Gasteiger partial charge is 0.456 e. The Morgan fingerprint density at radius 3 is 2.31 bits per heavy atom. The van der Waals surface area contributed by atoms with Crippen molar-refractivity contribution in [3.8, 4) is 0 Å². The summed E-state index contributed by atoms with van der Waals surface area (Å²) in [6.07, 6.45) is 3.87. The number of rotatable bonds is 10. The molecule has 3 aliphatic rings. The highest BCUT2D eigenvalue weighted by Gasteiger charge is 2.61. The monoisotopic (exact) mass is 651 g/mol. The summed E-state index contributed by atoms with van der Waals surface area (Å²) >= 11 is 1.35. The molecule has 240 valence electrons. The van der Waals surface area contributed by atoms with E-state index in [9.17, 15) is 24.5 Å². The summed E-state index contributed by atoms with van der Waals surface area (Å²) in [6.45, 7) is 11.5. The first-order valence-corrected chi connectivity index (χ1v) is 19.8. The molecule has 3 unspecified atom stereocenters. The number of nitro benzene ring substituents is 1. The third kappa shape index (κ3) is 7.02. The standard InChI is InChI=1S/C33H41N3O7SSi/c1-21-28-27(22(2)43-45(3,4)5)32(38)35(28)29(33(39)42-20-23-14-16-24(17-15-23)36(40)41)30(21)44-26-13-9-8-12-25(26)31(37)34-18-10-6-7-11-19-34/h8-9,12-17,21-22,27-28H,6-7,10-11,18-20H2,1-5H3/t21?,22?,27?,28-/m0/s1. The number of β-lactam (4-membered cyclic amide) rings is 1. The van der Waals surface area contributed by atoms with E-state index in [1.165, 1.54) is 23.9 Å². The number of hydrogen-bond donors (Lipinski definition) is 0. The van der Waals surface area contributed by atoms with Crippen LogP contribution in [0.5, 0.6) is 0 Å². The highest BCUT2D eigenvalue weighted by atomic mass is 32.2. The van der Waals surface area contributed by atoms with E-state index in [1.54, 1.807) is 17.0 Å². The molecule has 2 saturated heterocycles. The molecule has 2 aromatic carbocycles. The first kappa shape index (κ1) is 32.9. The number of carbonyl (C=O) groups excluding carboxylic acids is 3. The first-order chi connectivity index (χ1) is 21.4. The molecule has 2 amide bonds. The van der Waals surface area contributed by atoms with Crippen LogP contribution >= 0.6 is 11.8 Å². The summed E-state index contributed by atoms with van der Waals surface area (Å²) in [5.41, 5.74) is 1.30. The van der Waals surface area contributed by atoms with Gasteiger partial charge >= 0.3 is 5.97 Å². The van der Waals surface area contributed by atoms with Crippen molar-refractivity contribution in [1.82, 2.24) is 9.80 Å². The molecule has 2 aromatic rings. The highest BCUT2D eigenvalue weighted by Crippen LogP contribution is 2.53. The van der Waals surface area contributed by atoms with Gasteiger partial charge in [-0.25, -0.2) is 4.79 Å². The van der Waals surface area contributed by atoms with Crippen molar-refractivity contribution in [3.63, 3.8) is 0 Å². The van der Waals surface area contributed by atoms with Crippen LogP contribution in [-0.2, 0) is 25.4 Å². The van der Waals surface area contributed by atoms with Gasteiger partial charge in [0.2, 0.25) is 5.91 Å². The molecule has 0 radical (unpaired) electrons. The van der Waals surface area contributed by atoms with Crippen molar-refractivity contribution < 1.29 is 28.5 Å². The van der Waals surface area contributed by atoms with Gasteiger partial charge in [0, 0.05) is 40.9 Å². The second-order valence-electron chi connectivity index (χ2n) is 13.0. The average Bonchev–Trinajstić information content (AvgIpc) is 3.14. The summed E-state index contributed by atoms with van der Waals surface area (Å²) in [4.78, 5) is 56.6. The van der Waals surface area contributed by atoms with Crippen molar-refractivity contribution in [1.29, 1.82) is 0 Å². The van der Waals surface area contributed by atoms with Crippen molar-refractivity contribution in [2.45, 2.75) is 82.8 Å². The molecule has 0 N–H and O–H groups in total. The second kappa shape index (κ2) is 13.5. The van der Waals surface area contributed by atoms with Crippen molar-refractivity contribution in [2.75, 3.05) is 13.1 Å². The van der Waals surface area contributed by atoms with Crippen LogP contribution in [-0.4, -0.2) is 66.1 Å². The molecular weight excluding hydrogens is 611 g/mol. The topological polar surface area (TPSA) is 119 Å². The molecule has 0 spiro atoms. The van der Waals surface area contributed by atoms with Crippen LogP contribution in [0.3, 0.4) is 0 Å². The van der Waals surface area contributed by atoms with Gasteiger partial charge in [-0.05, 0) is 69.2 Å². The number of carbonyl (C=O) groups is 3. The van der Waals surface area contributed by atoms with Crippen molar-refractivity contribution in [2.24, 2.45) is 11.8 Å². The third-order valence-corrected chi connectivity index (χ3v) is 11.0. The van der Waals surface area contributed by atoms with Gasteiger partial charge in [-0.2, -0.15) is 0 Å². The zero-order valence-corrected chi connectivity index (χ0v) is 28.3. The molecule has 3 aliphatic heterocycles. The lowest BCUT2D eigenvalue weighted by atomic mass is 9.79. The van der Waals surface area contributed by atoms with Crippen LogP contribution in [0.15, 0.2) is 64.0 Å². The van der Waals surface area contributed by atoms with Crippen LogP contribution in [0.4, 0.5) is 5.69 Å². The molecule has 5 rings (SSSR count). The van der Waals surface area contributed by atoms with Gasteiger partial charge in [-0.15, -0.1) is 0 Å². The van der Waals surface area contributed by atoms with Crippen LogP contribution in [0, 0.1) is 22.0 Å². The van der Waals surface area contributed by atoms with Crippen molar-refractivity contribution in [3.05, 3.63) is 80.4 Å². The fourth-order valence-electron chi connectivity index (χ4n) is 6.49. The number of ether oxygens (including phenoxy) is 1. The van der Waals surface area contributed by atoms with Gasteiger partial charge in [-0.3, -0.25) is 19.7 Å². The average molecular weight is 652 g/mol. The van der Waals surface area contributed by atoms with Crippen LogP contribution in [0.2, 0.25) is 19.6 Å². The number of fused-ring (bicyclic) bond motifs is 1. The Bertz CT molecular complexity index is 1500. The summed E-state index contributed by atoms with van der Waals surface area (Å²) in [5.74, 6) is -1.45. The summed E-state index contributed by atoms with van der Waals surface area (Å²) in [7, 11) is -1.94. The zero-order valence-electron chi connectivity index (χ0n) is 26.5. The molecular formula is C33H41N3O7SSi. The number of likely N-dealkylation sites (tertiary alicyclic amines) is 1. The number of nitro groups is 1. The smallest absolute Gasteiger partial charge is 0.356 e. The zero-order chi connectivity index (χ0) is 32.5. The van der Waals surface area contributed by atoms with E-state index >= 15 is 0 Å². The number of nitrogens with zero attached hydrogens (tertiary/aromatic N) is 3. The number of hydrogen-bond acceptors (Lipinski definition) is 8. The number of benzene rings is 2. The lowest BCUT2D eigenvalue weighted by Crippen LogP contribution is -2.64. The Hall–Kier alpha value is -3.48. The van der Waals surface area contributed by atoms with E-state index in [0.717, 1.165) is 43.7 Å². The van der Waals surface area contributed by atoms with E-state index in [2.05, 4.69) is 19.6 Å². The summed E-state index contributed by atoms with van der Waals surface area (Å²) < 4.78 is 12.0. The molecule has 45 heavy (non-hydrogen) atoms. The van der Waals surface area contributed by atoms with Gasteiger partial charge in [-0.1, -0.05) is 43.7 Å². The molecule has 2 fully saturated rings. The van der Waals surface area contributed by atoms with E-state index in [0.29, 0.717) is 16.0 Å². The SMILES string of the molecule is CC(O[Si](C)(C)C)C1C(=O)N2C(C(=O)OCc3ccc([N+](=O)[O-])cc3)=C(Sc3ccccc3C(=O)N3CCCCCC3)C(C)[C@@H]12. The minimum atomic E-state index is -1.94. The van der Waals surface area contributed by atoms with Crippen LogP contribution in [0.25, 0.3) is 0 Å². The van der Waals surface area contributed by atoms with E-state index in [4.69, 9.17) is 9.16 Å². The maximum absolute atomic E-state index is 13.8. The normalized spacial score (nSPS) is 22.4. The first-order valence-electron chi connectivity index (χ1n) is 15.6. The Labute approximate surface area is 269 Å². The third-order valence-electron chi connectivity index (χ3n) is 8.58. The number of thioether (sulfide) groups is 1. The minimum Gasteiger partial charge on any atom is -0.456 e. The predicted octanol–water partition coefficient (Wildman–Crippen LogP) is 6.37. The Morgan fingerprint density at radius 1 is 1.04 bits per heavy atom.